The standard InChI is InChI=1S/C14H17FN2O3/c15-11-3-1-2-4-12(11)20-10-6-14(19)17-8-5-13(18)16-7-9-17/h1-4H,5-10H2,(H,16,18). The maximum Gasteiger partial charge on any atom is 0.226 e. The molecular weight excluding hydrogens is 263 g/mol. The SMILES string of the molecule is O=C1CCN(C(=O)CCOc2ccccc2F)CCN1. The fourth-order valence-corrected chi connectivity index (χ4v) is 1.98. The fraction of sp³-hybridized carbons (Fsp3) is 0.429. The minimum atomic E-state index is -0.440. The van der Waals surface area contributed by atoms with Crippen LogP contribution in [-0.4, -0.2) is 43.0 Å². The molecule has 0 aliphatic carbocycles. The van der Waals surface area contributed by atoms with Crippen LogP contribution in [0.4, 0.5) is 4.39 Å². The number of carbonyl (C=O) groups is 2. The monoisotopic (exact) mass is 280 g/mol. The molecule has 5 nitrogen and oxygen atoms in total. The number of amides is 2. The molecule has 108 valence electrons. The first-order valence-corrected chi connectivity index (χ1v) is 6.58. The Balaban J connectivity index is 1.77. The number of nitrogens with zero attached hydrogens (tertiary/aromatic N) is 1. The van der Waals surface area contributed by atoms with Crippen molar-refractivity contribution in [3.63, 3.8) is 0 Å². The van der Waals surface area contributed by atoms with Crippen LogP contribution in [0.25, 0.3) is 0 Å². The van der Waals surface area contributed by atoms with E-state index in [1.54, 1.807) is 17.0 Å². The van der Waals surface area contributed by atoms with Gasteiger partial charge in [0.2, 0.25) is 11.8 Å². The van der Waals surface area contributed by atoms with Gasteiger partial charge < -0.3 is 15.0 Å². The van der Waals surface area contributed by atoms with E-state index < -0.39 is 5.82 Å². The predicted molar refractivity (Wildman–Crippen MR) is 70.7 cm³/mol. The molecule has 1 aliphatic rings. The van der Waals surface area contributed by atoms with Gasteiger partial charge in [-0.2, -0.15) is 0 Å². The van der Waals surface area contributed by atoms with Crippen LogP contribution in [-0.2, 0) is 9.59 Å². The molecule has 0 atom stereocenters. The highest BCUT2D eigenvalue weighted by atomic mass is 19.1. The quantitative estimate of drug-likeness (QED) is 0.893. The third-order valence-electron chi connectivity index (χ3n) is 3.08. The van der Waals surface area contributed by atoms with Gasteiger partial charge in [0.05, 0.1) is 13.0 Å². The lowest BCUT2D eigenvalue weighted by atomic mass is 10.3. The molecule has 0 saturated carbocycles. The molecule has 1 aromatic carbocycles. The Kier molecular flexibility index (Phi) is 4.92. The van der Waals surface area contributed by atoms with Crippen molar-refractivity contribution < 1.29 is 18.7 Å². The minimum absolute atomic E-state index is 0.0390. The second-order valence-electron chi connectivity index (χ2n) is 4.51. The first-order valence-electron chi connectivity index (χ1n) is 6.58. The lowest BCUT2D eigenvalue weighted by Gasteiger charge is -2.19. The van der Waals surface area contributed by atoms with Crippen molar-refractivity contribution in [3.8, 4) is 5.75 Å². The molecule has 1 aliphatic heterocycles. The van der Waals surface area contributed by atoms with Gasteiger partial charge in [-0.25, -0.2) is 4.39 Å². The van der Waals surface area contributed by atoms with Gasteiger partial charge in [0.15, 0.2) is 11.6 Å². The lowest BCUT2D eigenvalue weighted by Crippen LogP contribution is -2.34. The molecule has 1 saturated heterocycles. The summed E-state index contributed by atoms with van der Waals surface area (Å²) in [5.74, 6) is -0.418. The summed E-state index contributed by atoms with van der Waals surface area (Å²) in [6.07, 6.45) is 0.489. The van der Waals surface area contributed by atoms with Gasteiger partial charge >= 0.3 is 0 Å². The van der Waals surface area contributed by atoms with Gasteiger partial charge in [-0.05, 0) is 12.1 Å². The van der Waals surface area contributed by atoms with Crippen LogP contribution in [0, 0.1) is 5.82 Å². The van der Waals surface area contributed by atoms with E-state index in [1.807, 2.05) is 0 Å². The Morgan fingerprint density at radius 1 is 1.35 bits per heavy atom. The van der Waals surface area contributed by atoms with E-state index in [0.29, 0.717) is 26.1 Å². The van der Waals surface area contributed by atoms with Gasteiger partial charge in [0, 0.05) is 26.1 Å². The van der Waals surface area contributed by atoms with Crippen molar-refractivity contribution in [3.05, 3.63) is 30.1 Å². The van der Waals surface area contributed by atoms with Gasteiger partial charge in [-0.1, -0.05) is 12.1 Å². The normalized spacial score (nSPS) is 15.4. The zero-order chi connectivity index (χ0) is 14.4. The summed E-state index contributed by atoms with van der Waals surface area (Å²) in [5.41, 5.74) is 0. The van der Waals surface area contributed by atoms with Crippen molar-refractivity contribution in [2.45, 2.75) is 12.8 Å². The van der Waals surface area contributed by atoms with Crippen LogP contribution >= 0.6 is 0 Å². The molecule has 0 aromatic heterocycles. The van der Waals surface area contributed by atoms with E-state index in [1.165, 1.54) is 12.1 Å². The molecule has 0 spiro atoms. The predicted octanol–water partition coefficient (Wildman–Crippen LogP) is 0.943. The summed E-state index contributed by atoms with van der Waals surface area (Å²) in [6, 6.07) is 6.08. The zero-order valence-corrected chi connectivity index (χ0v) is 11.1. The second kappa shape index (κ2) is 6.88. The zero-order valence-electron chi connectivity index (χ0n) is 11.1. The smallest absolute Gasteiger partial charge is 0.226 e. The van der Waals surface area contributed by atoms with Crippen molar-refractivity contribution in [1.29, 1.82) is 0 Å². The maximum atomic E-state index is 13.3. The molecule has 20 heavy (non-hydrogen) atoms. The number of hydrogen-bond acceptors (Lipinski definition) is 3. The molecule has 1 heterocycles. The lowest BCUT2D eigenvalue weighted by molar-refractivity contribution is -0.131. The summed E-state index contributed by atoms with van der Waals surface area (Å²) in [5, 5.41) is 2.71. The van der Waals surface area contributed by atoms with E-state index in [9.17, 15) is 14.0 Å². The Morgan fingerprint density at radius 2 is 2.15 bits per heavy atom. The highest BCUT2D eigenvalue weighted by Gasteiger charge is 2.18. The first-order chi connectivity index (χ1) is 9.66. The van der Waals surface area contributed by atoms with Gasteiger partial charge in [0.1, 0.15) is 0 Å². The number of ether oxygens (including phenoxy) is 1. The van der Waals surface area contributed by atoms with Crippen molar-refractivity contribution in [1.82, 2.24) is 10.2 Å². The number of carbonyl (C=O) groups excluding carboxylic acids is 2. The Labute approximate surface area is 116 Å². The van der Waals surface area contributed by atoms with Crippen molar-refractivity contribution >= 4 is 11.8 Å². The summed E-state index contributed by atoms with van der Waals surface area (Å²) >= 11 is 0. The molecule has 0 unspecified atom stereocenters. The molecule has 2 rings (SSSR count). The largest absolute Gasteiger partial charge is 0.490 e. The van der Waals surface area contributed by atoms with Crippen LogP contribution in [0.2, 0.25) is 0 Å². The average Bonchev–Trinajstić information content (AvgIpc) is 2.66. The van der Waals surface area contributed by atoms with E-state index in [2.05, 4.69) is 5.32 Å². The number of benzene rings is 1. The van der Waals surface area contributed by atoms with Gasteiger partial charge in [-0.15, -0.1) is 0 Å². The summed E-state index contributed by atoms with van der Waals surface area (Å²) in [7, 11) is 0. The number of nitrogens with one attached hydrogen (secondary N) is 1. The number of rotatable bonds is 4. The highest BCUT2D eigenvalue weighted by molar-refractivity contribution is 5.80. The fourth-order valence-electron chi connectivity index (χ4n) is 1.98. The Hall–Kier alpha value is -2.11. The summed E-state index contributed by atoms with van der Waals surface area (Å²) in [6.45, 7) is 1.52. The van der Waals surface area contributed by atoms with Crippen LogP contribution < -0.4 is 10.1 Å². The molecule has 1 aromatic rings. The van der Waals surface area contributed by atoms with Crippen molar-refractivity contribution in [2.75, 3.05) is 26.2 Å². The third kappa shape index (κ3) is 3.94. The second-order valence-corrected chi connectivity index (χ2v) is 4.51. The molecule has 1 N–H and O–H groups in total. The molecule has 0 bridgehead atoms. The average molecular weight is 280 g/mol. The Bertz CT molecular complexity index is 493. The molecule has 1 fully saturated rings. The van der Waals surface area contributed by atoms with E-state index >= 15 is 0 Å². The van der Waals surface area contributed by atoms with Gasteiger partial charge in [0.25, 0.3) is 0 Å². The van der Waals surface area contributed by atoms with Crippen LogP contribution in [0.3, 0.4) is 0 Å². The van der Waals surface area contributed by atoms with Crippen LogP contribution in [0.5, 0.6) is 5.75 Å². The third-order valence-corrected chi connectivity index (χ3v) is 3.08. The van der Waals surface area contributed by atoms with E-state index in [0.717, 1.165) is 0 Å². The number of para-hydroxylation sites is 1. The molecule has 6 heteroatoms. The van der Waals surface area contributed by atoms with Gasteiger partial charge in [-0.3, -0.25) is 9.59 Å². The first kappa shape index (κ1) is 14.3. The number of hydrogen-bond donors (Lipinski definition) is 1. The van der Waals surface area contributed by atoms with Crippen molar-refractivity contribution in [2.24, 2.45) is 0 Å². The minimum Gasteiger partial charge on any atom is -0.490 e. The summed E-state index contributed by atoms with van der Waals surface area (Å²) < 4.78 is 18.5. The highest BCUT2D eigenvalue weighted by Crippen LogP contribution is 2.15. The Morgan fingerprint density at radius 3 is 2.95 bits per heavy atom. The summed E-state index contributed by atoms with van der Waals surface area (Å²) in [4.78, 5) is 24.7. The van der Waals surface area contributed by atoms with E-state index in [-0.39, 0.29) is 30.6 Å². The maximum absolute atomic E-state index is 13.3. The topological polar surface area (TPSA) is 58.6 Å². The molecule has 0 radical (unpaired) electrons. The molecular formula is C14H17FN2O3. The van der Waals surface area contributed by atoms with Crippen LogP contribution in [0.1, 0.15) is 12.8 Å². The van der Waals surface area contributed by atoms with E-state index in [4.69, 9.17) is 4.74 Å². The number of halogens is 1. The van der Waals surface area contributed by atoms with Crippen LogP contribution in [0.15, 0.2) is 24.3 Å². The molecule has 2 amide bonds.